The third-order valence-electron chi connectivity index (χ3n) is 4.85. The number of benzene rings is 2. The molecule has 2 aromatic carbocycles. The molecule has 1 fully saturated rings. The van der Waals surface area contributed by atoms with Crippen molar-refractivity contribution in [3.8, 4) is 11.5 Å². The van der Waals surface area contributed by atoms with E-state index in [1.54, 1.807) is 24.1 Å². The maximum absolute atomic E-state index is 12.4. The van der Waals surface area contributed by atoms with Gasteiger partial charge in [0.1, 0.15) is 11.5 Å². The van der Waals surface area contributed by atoms with Crippen LogP contribution in [0.5, 0.6) is 11.5 Å². The fourth-order valence-corrected chi connectivity index (χ4v) is 4.09. The van der Waals surface area contributed by atoms with Gasteiger partial charge in [0.2, 0.25) is 15.9 Å². The number of nitrogens with zero attached hydrogens (tertiary/aromatic N) is 2. The lowest BCUT2D eigenvalue weighted by atomic mass is 10.2. The third-order valence-corrected chi connectivity index (χ3v) is 6.27. The summed E-state index contributed by atoms with van der Waals surface area (Å²) in [6.45, 7) is 2.17. The van der Waals surface area contributed by atoms with Crippen LogP contribution in [0.25, 0.3) is 0 Å². The van der Waals surface area contributed by atoms with E-state index in [1.165, 1.54) is 19.2 Å². The van der Waals surface area contributed by atoms with Crippen LogP contribution in [0.15, 0.2) is 53.4 Å². The molecular weight excluding hydrogens is 394 g/mol. The molecule has 0 aromatic heterocycles. The molecule has 1 N–H and O–H groups in total. The molecule has 0 aliphatic carbocycles. The first-order valence-electron chi connectivity index (χ1n) is 9.23. The molecule has 1 saturated heterocycles. The van der Waals surface area contributed by atoms with E-state index >= 15 is 0 Å². The predicted octanol–water partition coefficient (Wildman–Crippen LogP) is 1.33. The minimum atomic E-state index is -3.75. The topological polar surface area (TPSA) is 88.2 Å². The zero-order chi connectivity index (χ0) is 20.9. The number of piperazine rings is 1. The Morgan fingerprint density at radius 3 is 1.93 bits per heavy atom. The lowest BCUT2D eigenvalue weighted by molar-refractivity contribution is -0.130. The van der Waals surface area contributed by atoms with Crippen molar-refractivity contribution in [2.24, 2.45) is 0 Å². The number of hydrogen-bond donors (Lipinski definition) is 1. The first-order valence-corrected chi connectivity index (χ1v) is 10.7. The van der Waals surface area contributed by atoms with Crippen LogP contribution in [0.3, 0.4) is 0 Å². The quantitative estimate of drug-likeness (QED) is 0.729. The average molecular weight is 420 g/mol. The van der Waals surface area contributed by atoms with E-state index < -0.39 is 10.0 Å². The van der Waals surface area contributed by atoms with Gasteiger partial charge in [-0.25, -0.2) is 13.1 Å². The van der Waals surface area contributed by atoms with Crippen molar-refractivity contribution in [2.75, 3.05) is 51.8 Å². The second-order valence-electron chi connectivity index (χ2n) is 6.57. The standard InChI is InChI=1S/C20H25N3O5S/c1-27-17-5-3-16(4-6-17)22-11-13-23(14-12-22)20(24)15-21-29(25,26)19-9-7-18(28-2)8-10-19/h3-10,21H,11-15H2,1-2H3. The number of nitrogens with one attached hydrogen (secondary N) is 1. The largest absolute Gasteiger partial charge is 0.497 e. The molecule has 0 atom stereocenters. The molecular formula is C20H25N3O5S. The number of ether oxygens (including phenoxy) is 2. The second-order valence-corrected chi connectivity index (χ2v) is 8.33. The van der Waals surface area contributed by atoms with Crippen LogP contribution >= 0.6 is 0 Å². The molecule has 1 aliphatic heterocycles. The summed E-state index contributed by atoms with van der Waals surface area (Å²) in [5.41, 5.74) is 1.07. The minimum absolute atomic E-state index is 0.0930. The van der Waals surface area contributed by atoms with Gasteiger partial charge in [0.25, 0.3) is 0 Å². The van der Waals surface area contributed by atoms with Crippen molar-refractivity contribution in [1.82, 2.24) is 9.62 Å². The molecule has 29 heavy (non-hydrogen) atoms. The van der Waals surface area contributed by atoms with E-state index in [0.29, 0.717) is 31.9 Å². The SMILES string of the molecule is COc1ccc(N2CCN(C(=O)CNS(=O)(=O)c3ccc(OC)cc3)CC2)cc1. The molecule has 2 aromatic rings. The van der Waals surface area contributed by atoms with E-state index in [2.05, 4.69) is 9.62 Å². The smallest absolute Gasteiger partial charge is 0.241 e. The van der Waals surface area contributed by atoms with Crippen molar-refractivity contribution in [2.45, 2.75) is 4.90 Å². The van der Waals surface area contributed by atoms with Gasteiger partial charge in [-0.15, -0.1) is 0 Å². The van der Waals surface area contributed by atoms with Gasteiger partial charge in [-0.3, -0.25) is 4.79 Å². The van der Waals surface area contributed by atoms with Crippen molar-refractivity contribution in [3.05, 3.63) is 48.5 Å². The molecule has 0 bridgehead atoms. The molecule has 0 saturated carbocycles. The van der Waals surface area contributed by atoms with E-state index in [4.69, 9.17) is 9.47 Å². The summed E-state index contributed by atoms with van der Waals surface area (Å²) in [4.78, 5) is 16.4. The monoisotopic (exact) mass is 419 g/mol. The van der Waals surface area contributed by atoms with Crippen LogP contribution in [0, 0.1) is 0 Å². The molecule has 1 amide bonds. The highest BCUT2D eigenvalue weighted by molar-refractivity contribution is 7.89. The highest BCUT2D eigenvalue weighted by Crippen LogP contribution is 2.20. The summed E-state index contributed by atoms with van der Waals surface area (Å²) in [5.74, 6) is 1.12. The Labute approximate surface area is 171 Å². The summed E-state index contributed by atoms with van der Waals surface area (Å²) in [5, 5.41) is 0. The van der Waals surface area contributed by atoms with Gasteiger partial charge in [0.15, 0.2) is 0 Å². The highest BCUT2D eigenvalue weighted by atomic mass is 32.2. The minimum Gasteiger partial charge on any atom is -0.497 e. The first-order chi connectivity index (χ1) is 13.9. The van der Waals surface area contributed by atoms with Crippen LogP contribution in [0.4, 0.5) is 5.69 Å². The van der Waals surface area contributed by atoms with Crippen molar-refractivity contribution in [3.63, 3.8) is 0 Å². The summed E-state index contributed by atoms with van der Waals surface area (Å²) in [7, 11) is -0.619. The number of methoxy groups -OCH3 is 2. The Kier molecular flexibility index (Phi) is 6.60. The van der Waals surface area contributed by atoms with Crippen molar-refractivity contribution < 1.29 is 22.7 Å². The maximum atomic E-state index is 12.4. The molecule has 9 heteroatoms. The van der Waals surface area contributed by atoms with Crippen LogP contribution in [-0.2, 0) is 14.8 Å². The van der Waals surface area contributed by atoms with Crippen LogP contribution in [0.1, 0.15) is 0 Å². The highest BCUT2D eigenvalue weighted by Gasteiger charge is 2.23. The number of hydrogen-bond acceptors (Lipinski definition) is 6. The number of sulfonamides is 1. The molecule has 1 aliphatic rings. The van der Waals surface area contributed by atoms with Gasteiger partial charge in [-0.05, 0) is 48.5 Å². The normalized spacial score (nSPS) is 14.6. The fraction of sp³-hybridized carbons (Fsp3) is 0.350. The van der Waals surface area contributed by atoms with E-state index in [9.17, 15) is 13.2 Å². The molecule has 0 radical (unpaired) electrons. The number of carbonyl (C=O) groups is 1. The van der Waals surface area contributed by atoms with Gasteiger partial charge < -0.3 is 19.3 Å². The Morgan fingerprint density at radius 2 is 1.41 bits per heavy atom. The number of anilines is 1. The molecule has 1 heterocycles. The number of amides is 1. The van der Waals surface area contributed by atoms with Gasteiger partial charge in [0.05, 0.1) is 25.7 Å². The molecule has 156 valence electrons. The van der Waals surface area contributed by atoms with E-state index in [0.717, 1.165) is 11.4 Å². The van der Waals surface area contributed by atoms with E-state index in [-0.39, 0.29) is 17.3 Å². The third kappa shape index (κ3) is 5.18. The zero-order valence-electron chi connectivity index (χ0n) is 16.5. The number of carbonyl (C=O) groups excluding carboxylic acids is 1. The van der Waals surface area contributed by atoms with Crippen LogP contribution in [-0.4, -0.2) is 66.2 Å². The molecule has 3 rings (SSSR count). The van der Waals surface area contributed by atoms with Crippen molar-refractivity contribution >= 4 is 21.6 Å². The average Bonchev–Trinajstić information content (AvgIpc) is 2.77. The van der Waals surface area contributed by atoms with Crippen LogP contribution in [0.2, 0.25) is 0 Å². The second kappa shape index (κ2) is 9.15. The molecule has 0 spiro atoms. The van der Waals surface area contributed by atoms with Gasteiger partial charge in [-0.2, -0.15) is 0 Å². The maximum Gasteiger partial charge on any atom is 0.241 e. The molecule has 0 unspecified atom stereocenters. The summed E-state index contributed by atoms with van der Waals surface area (Å²) >= 11 is 0. The van der Waals surface area contributed by atoms with Crippen LogP contribution < -0.4 is 19.1 Å². The predicted molar refractivity (Wildman–Crippen MR) is 110 cm³/mol. The zero-order valence-corrected chi connectivity index (χ0v) is 17.3. The Bertz CT molecular complexity index is 922. The Hall–Kier alpha value is -2.78. The Balaban J connectivity index is 1.51. The lowest BCUT2D eigenvalue weighted by Gasteiger charge is -2.36. The molecule has 8 nitrogen and oxygen atoms in total. The number of rotatable bonds is 7. The fourth-order valence-electron chi connectivity index (χ4n) is 3.11. The van der Waals surface area contributed by atoms with Crippen molar-refractivity contribution in [1.29, 1.82) is 0 Å². The van der Waals surface area contributed by atoms with Gasteiger partial charge in [-0.1, -0.05) is 0 Å². The summed E-state index contributed by atoms with van der Waals surface area (Å²) in [6.07, 6.45) is 0. The lowest BCUT2D eigenvalue weighted by Crippen LogP contribution is -2.51. The van der Waals surface area contributed by atoms with E-state index in [1.807, 2.05) is 24.3 Å². The summed E-state index contributed by atoms with van der Waals surface area (Å²) < 4.78 is 37.3. The first kappa shape index (κ1) is 20.9. The Morgan fingerprint density at radius 1 is 0.897 bits per heavy atom. The van der Waals surface area contributed by atoms with Gasteiger partial charge >= 0.3 is 0 Å². The van der Waals surface area contributed by atoms with Gasteiger partial charge in [0, 0.05) is 31.9 Å². The summed E-state index contributed by atoms with van der Waals surface area (Å²) in [6, 6.07) is 13.8.